The first-order valence-electron chi connectivity index (χ1n) is 6.64. The molecule has 1 aromatic rings. The van der Waals surface area contributed by atoms with Gasteiger partial charge >= 0.3 is 0 Å². The quantitative estimate of drug-likeness (QED) is 0.763. The van der Waals surface area contributed by atoms with Crippen LogP contribution in [0, 0.1) is 0 Å². The Morgan fingerprint density at radius 2 is 2.19 bits per heavy atom. The highest BCUT2D eigenvalue weighted by molar-refractivity contribution is 7.92. The Labute approximate surface area is 124 Å². The van der Waals surface area contributed by atoms with Gasteiger partial charge in [-0.3, -0.25) is 4.68 Å². The van der Waals surface area contributed by atoms with Gasteiger partial charge in [-0.1, -0.05) is 6.92 Å². The summed E-state index contributed by atoms with van der Waals surface area (Å²) in [6.07, 6.45) is 2.41. The van der Waals surface area contributed by atoms with Gasteiger partial charge in [-0.2, -0.15) is 5.10 Å². The summed E-state index contributed by atoms with van der Waals surface area (Å²) in [6, 6.07) is 0. The fourth-order valence-corrected chi connectivity index (χ4v) is 6.13. The van der Waals surface area contributed by atoms with Gasteiger partial charge < -0.3 is 5.73 Å². The third-order valence-electron chi connectivity index (χ3n) is 3.38. The summed E-state index contributed by atoms with van der Waals surface area (Å²) in [5, 5.41) is 3.95. The fraction of sp³-hybridized carbons (Fsp3) is 0.727. The van der Waals surface area contributed by atoms with E-state index >= 15 is 0 Å². The van der Waals surface area contributed by atoms with Crippen LogP contribution in [0.3, 0.4) is 0 Å². The second-order valence-corrected chi connectivity index (χ2v) is 9.48. The van der Waals surface area contributed by atoms with Crippen LogP contribution in [0.5, 0.6) is 0 Å². The molecule has 21 heavy (non-hydrogen) atoms. The average molecular weight is 336 g/mol. The lowest BCUT2D eigenvalue weighted by atomic mass is 10.0. The molecular formula is C11H20N4O4S2. The Balaban J connectivity index is 2.27. The van der Waals surface area contributed by atoms with Crippen molar-refractivity contribution >= 4 is 25.7 Å². The topological polar surface area (TPSA) is 124 Å². The van der Waals surface area contributed by atoms with Crippen molar-refractivity contribution in [3.63, 3.8) is 0 Å². The standard InChI is InChI=1S/C11H20N4O4S2/c1-3-5-15-7-9(10(12)13-15)21(18,19)14-11(2)4-6-20(16,17)8-11/h7,14H,3-6,8H2,1-2H3,(H2,12,13). The minimum absolute atomic E-state index is 0.0173. The van der Waals surface area contributed by atoms with E-state index in [9.17, 15) is 16.8 Å². The van der Waals surface area contributed by atoms with E-state index in [1.807, 2.05) is 6.92 Å². The number of sulfonamides is 1. The van der Waals surface area contributed by atoms with Crippen molar-refractivity contribution < 1.29 is 16.8 Å². The summed E-state index contributed by atoms with van der Waals surface area (Å²) in [5.74, 6) is -0.306. The minimum atomic E-state index is -3.90. The molecule has 120 valence electrons. The zero-order valence-corrected chi connectivity index (χ0v) is 13.7. The fourth-order valence-electron chi connectivity index (χ4n) is 2.44. The van der Waals surface area contributed by atoms with Gasteiger partial charge in [-0.05, 0) is 19.8 Å². The van der Waals surface area contributed by atoms with Gasteiger partial charge in [0.2, 0.25) is 10.0 Å². The molecule has 1 saturated heterocycles. The van der Waals surface area contributed by atoms with Crippen LogP contribution in [0.4, 0.5) is 5.82 Å². The number of nitrogens with zero attached hydrogens (tertiary/aromatic N) is 2. The third kappa shape index (κ3) is 3.55. The summed E-state index contributed by atoms with van der Waals surface area (Å²) < 4.78 is 51.8. The molecule has 0 aliphatic carbocycles. The number of hydrogen-bond donors (Lipinski definition) is 2. The monoisotopic (exact) mass is 336 g/mol. The Hall–Kier alpha value is -1.13. The maximum Gasteiger partial charge on any atom is 0.246 e. The van der Waals surface area contributed by atoms with E-state index in [0.29, 0.717) is 6.54 Å². The number of aryl methyl sites for hydroxylation is 1. The molecule has 0 spiro atoms. The third-order valence-corrected chi connectivity index (χ3v) is 6.94. The van der Waals surface area contributed by atoms with Gasteiger partial charge in [-0.25, -0.2) is 21.6 Å². The molecule has 0 bridgehead atoms. The van der Waals surface area contributed by atoms with Gasteiger partial charge in [0.15, 0.2) is 15.7 Å². The number of nitrogens with one attached hydrogen (secondary N) is 1. The van der Waals surface area contributed by atoms with Gasteiger partial charge in [0.05, 0.1) is 11.5 Å². The first kappa shape index (κ1) is 16.2. The van der Waals surface area contributed by atoms with Crippen molar-refractivity contribution in [1.82, 2.24) is 14.5 Å². The van der Waals surface area contributed by atoms with Crippen molar-refractivity contribution in [1.29, 1.82) is 0 Å². The molecule has 0 aromatic carbocycles. The number of hydrogen-bond acceptors (Lipinski definition) is 6. The Kier molecular flexibility index (Phi) is 4.06. The average Bonchev–Trinajstić information content (AvgIpc) is 2.79. The molecular weight excluding hydrogens is 316 g/mol. The molecule has 1 aliphatic rings. The largest absolute Gasteiger partial charge is 0.381 e. The first-order chi connectivity index (χ1) is 9.57. The second-order valence-electron chi connectivity index (χ2n) is 5.65. The lowest BCUT2D eigenvalue weighted by Crippen LogP contribution is -2.46. The van der Waals surface area contributed by atoms with Crippen molar-refractivity contribution in [2.45, 2.75) is 43.7 Å². The van der Waals surface area contributed by atoms with Crippen LogP contribution in [-0.2, 0) is 26.4 Å². The minimum Gasteiger partial charge on any atom is -0.381 e. The van der Waals surface area contributed by atoms with Crippen molar-refractivity contribution in [2.75, 3.05) is 17.2 Å². The van der Waals surface area contributed by atoms with E-state index in [2.05, 4.69) is 9.82 Å². The molecule has 1 aromatic heterocycles. The summed E-state index contributed by atoms with van der Waals surface area (Å²) >= 11 is 0. The van der Waals surface area contributed by atoms with Crippen molar-refractivity contribution in [3.05, 3.63) is 6.20 Å². The number of rotatable bonds is 5. The van der Waals surface area contributed by atoms with Crippen LogP contribution in [0.15, 0.2) is 11.1 Å². The van der Waals surface area contributed by atoms with Crippen LogP contribution < -0.4 is 10.5 Å². The number of aromatic nitrogens is 2. The van der Waals surface area contributed by atoms with E-state index in [1.54, 1.807) is 6.92 Å². The van der Waals surface area contributed by atoms with Crippen LogP contribution in [0.1, 0.15) is 26.7 Å². The molecule has 1 unspecified atom stereocenters. The van der Waals surface area contributed by atoms with Gasteiger partial charge in [0.25, 0.3) is 0 Å². The normalized spacial score (nSPS) is 25.2. The molecule has 1 aliphatic heterocycles. The maximum absolute atomic E-state index is 12.4. The van der Waals surface area contributed by atoms with Crippen molar-refractivity contribution in [3.8, 4) is 0 Å². The number of nitrogen functional groups attached to an aromatic ring is 1. The summed E-state index contributed by atoms with van der Waals surface area (Å²) in [6.45, 7) is 4.09. The van der Waals surface area contributed by atoms with Crippen molar-refractivity contribution in [2.24, 2.45) is 0 Å². The predicted molar refractivity (Wildman–Crippen MR) is 78.9 cm³/mol. The van der Waals surface area contributed by atoms with E-state index in [-0.39, 0.29) is 28.6 Å². The molecule has 8 nitrogen and oxygen atoms in total. The van der Waals surface area contributed by atoms with E-state index in [1.165, 1.54) is 10.9 Å². The Morgan fingerprint density at radius 3 is 2.71 bits per heavy atom. The van der Waals surface area contributed by atoms with Crippen LogP contribution in [0.25, 0.3) is 0 Å². The van der Waals surface area contributed by atoms with E-state index in [0.717, 1.165) is 6.42 Å². The van der Waals surface area contributed by atoms with E-state index < -0.39 is 25.4 Å². The van der Waals surface area contributed by atoms with Gasteiger partial charge in [-0.15, -0.1) is 0 Å². The molecule has 1 fully saturated rings. The van der Waals surface area contributed by atoms with Crippen LogP contribution >= 0.6 is 0 Å². The lowest BCUT2D eigenvalue weighted by molar-refractivity contribution is 0.462. The molecule has 2 rings (SSSR count). The summed E-state index contributed by atoms with van der Waals surface area (Å²) in [5.41, 5.74) is 4.66. The number of anilines is 1. The molecule has 0 amide bonds. The summed E-state index contributed by atoms with van der Waals surface area (Å²) in [7, 11) is -7.10. The highest BCUT2D eigenvalue weighted by Gasteiger charge is 2.42. The molecule has 2 heterocycles. The summed E-state index contributed by atoms with van der Waals surface area (Å²) in [4.78, 5) is -0.110. The molecule has 0 saturated carbocycles. The SMILES string of the molecule is CCCn1cc(S(=O)(=O)NC2(C)CCS(=O)(=O)C2)c(N)n1. The zero-order chi connectivity index (χ0) is 15.9. The molecule has 10 heteroatoms. The molecule has 0 radical (unpaired) electrons. The number of sulfone groups is 1. The first-order valence-corrected chi connectivity index (χ1v) is 9.95. The Bertz CT molecular complexity index is 738. The van der Waals surface area contributed by atoms with Gasteiger partial charge in [0.1, 0.15) is 4.90 Å². The lowest BCUT2D eigenvalue weighted by Gasteiger charge is -2.23. The smallest absolute Gasteiger partial charge is 0.246 e. The highest BCUT2D eigenvalue weighted by Crippen LogP contribution is 2.26. The number of nitrogens with two attached hydrogens (primary N) is 1. The van der Waals surface area contributed by atoms with Gasteiger partial charge in [0, 0.05) is 18.3 Å². The second kappa shape index (κ2) is 5.25. The zero-order valence-electron chi connectivity index (χ0n) is 12.0. The predicted octanol–water partition coefficient (Wildman–Crippen LogP) is -0.269. The maximum atomic E-state index is 12.4. The Morgan fingerprint density at radius 1 is 1.52 bits per heavy atom. The highest BCUT2D eigenvalue weighted by atomic mass is 32.2. The van der Waals surface area contributed by atoms with Crippen LogP contribution in [-0.4, -0.2) is 43.7 Å². The molecule has 1 atom stereocenters. The van der Waals surface area contributed by atoms with E-state index in [4.69, 9.17) is 5.73 Å². The van der Waals surface area contributed by atoms with Crippen LogP contribution in [0.2, 0.25) is 0 Å². The molecule has 3 N–H and O–H groups in total.